The van der Waals surface area contributed by atoms with Crippen LogP contribution in [0.5, 0.6) is 0 Å². The van der Waals surface area contributed by atoms with Gasteiger partial charge in [-0.25, -0.2) is 4.79 Å². The van der Waals surface area contributed by atoms with Gasteiger partial charge in [-0.2, -0.15) is 0 Å². The standard InChI is InChI=1S/C25H37N5O6/c1-3-15(2)21(25(35)36)29-23(33)19-10-7-13-30(19)24(34)18(14-16-8-5-4-6-9-16)28-22(32)17(26)11-12-20(27)31/h4-6,8-9,15,17-19,21H,3,7,10-14,26H2,1-2H3,(H2,27,31)(H,28,32)(H,29,33)(H,35,36). The second-order valence-corrected chi connectivity index (χ2v) is 9.26. The summed E-state index contributed by atoms with van der Waals surface area (Å²) < 4.78 is 0. The fourth-order valence-electron chi connectivity index (χ4n) is 4.19. The predicted molar refractivity (Wildman–Crippen MR) is 132 cm³/mol. The Labute approximate surface area is 211 Å². The molecule has 5 atom stereocenters. The normalized spacial score (nSPS) is 18.5. The third kappa shape index (κ3) is 8.04. The Balaban J connectivity index is 2.20. The average Bonchev–Trinajstić information content (AvgIpc) is 3.34. The minimum absolute atomic E-state index is 0.0361. The number of benzene rings is 1. The van der Waals surface area contributed by atoms with Crippen LogP contribution in [0.2, 0.25) is 0 Å². The summed E-state index contributed by atoms with van der Waals surface area (Å²) in [4.78, 5) is 63.5. The molecule has 1 aromatic carbocycles. The number of carboxylic acid groups (broad SMARTS) is 1. The first-order valence-corrected chi connectivity index (χ1v) is 12.3. The van der Waals surface area contributed by atoms with E-state index in [2.05, 4.69) is 10.6 Å². The van der Waals surface area contributed by atoms with Crippen molar-refractivity contribution in [2.75, 3.05) is 6.54 Å². The van der Waals surface area contributed by atoms with Crippen molar-refractivity contribution in [3.8, 4) is 0 Å². The number of carbonyl (C=O) groups is 5. The maximum atomic E-state index is 13.6. The second-order valence-electron chi connectivity index (χ2n) is 9.26. The lowest BCUT2D eigenvalue weighted by molar-refractivity contribution is -0.146. The van der Waals surface area contributed by atoms with Crippen LogP contribution in [0.3, 0.4) is 0 Å². The highest BCUT2D eigenvalue weighted by Gasteiger charge is 2.39. The first-order valence-electron chi connectivity index (χ1n) is 12.3. The molecule has 1 aromatic rings. The van der Waals surface area contributed by atoms with Gasteiger partial charge in [0.25, 0.3) is 0 Å². The highest BCUT2D eigenvalue weighted by Crippen LogP contribution is 2.21. The lowest BCUT2D eigenvalue weighted by atomic mass is 9.98. The van der Waals surface area contributed by atoms with E-state index in [0.717, 1.165) is 5.56 Å². The van der Waals surface area contributed by atoms with Gasteiger partial charge in [0.2, 0.25) is 23.6 Å². The van der Waals surface area contributed by atoms with Crippen molar-refractivity contribution in [2.24, 2.45) is 17.4 Å². The fraction of sp³-hybridized carbons (Fsp3) is 0.560. The van der Waals surface area contributed by atoms with Crippen LogP contribution in [-0.2, 0) is 30.4 Å². The van der Waals surface area contributed by atoms with Gasteiger partial charge in [0.05, 0.1) is 6.04 Å². The number of nitrogens with zero attached hydrogens (tertiary/aromatic N) is 1. The van der Waals surface area contributed by atoms with Crippen LogP contribution in [0.25, 0.3) is 0 Å². The molecular formula is C25H37N5O6. The van der Waals surface area contributed by atoms with Gasteiger partial charge < -0.3 is 32.1 Å². The molecule has 2 rings (SSSR count). The molecule has 7 N–H and O–H groups in total. The van der Waals surface area contributed by atoms with Crippen LogP contribution in [-0.4, -0.2) is 70.3 Å². The molecule has 0 saturated carbocycles. The predicted octanol–water partition coefficient (Wildman–Crippen LogP) is -0.0868. The topological polar surface area (TPSA) is 185 Å². The molecule has 5 unspecified atom stereocenters. The summed E-state index contributed by atoms with van der Waals surface area (Å²) in [7, 11) is 0. The molecule has 1 fully saturated rings. The molecule has 11 nitrogen and oxygen atoms in total. The fourth-order valence-corrected chi connectivity index (χ4v) is 4.19. The zero-order valence-corrected chi connectivity index (χ0v) is 20.8. The lowest BCUT2D eigenvalue weighted by Gasteiger charge is -2.30. The van der Waals surface area contributed by atoms with Gasteiger partial charge in [-0.05, 0) is 30.7 Å². The van der Waals surface area contributed by atoms with E-state index in [1.54, 1.807) is 6.92 Å². The summed E-state index contributed by atoms with van der Waals surface area (Å²) in [6, 6.07) is 5.13. The molecule has 0 aromatic heterocycles. The SMILES string of the molecule is CCC(C)C(NC(=O)C1CCCN1C(=O)C(Cc1ccccc1)NC(=O)C(N)CCC(N)=O)C(=O)O. The Bertz CT molecular complexity index is 940. The molecule has 36 heavy (non-hydrogen) atoms. The molecule has 1 saturated heterocycles. The molecular weight excluding hydrogens is 466 g/mol. The largest absolute Gasteiger partial charge is 0.480 e. The first kappa shape index (κ1) is 28.8. The van der Waals surface area contributed by atoms with E-state index in [9.17, 15) is 29.1 Å². The zero-order chi connectivity index (χ0) is 26.8. The van der Waals surface area contributed by atoms with Crippen molar-refractivity contribution < 1.29 is 29.1 Å². The van der Waals surface area contributed by atoms with Gasteiger partial charge in [-0.15, -0.1) is 0 Å². The average molecular weight is 504 g/mol. The van der Waals surface area contributed by atoms with Crippen molar-refractivity contribution in [1.82, 2.24) is 15.5 Å². The van der Waals surface area contributed by atoms with Gasteiger partial charge in [-0.1, -0.05) is 50.6 Å². The first-order chi connectivity index (χ1) is 17.0. The number of nitrogens with two attached hydrogens (primary N) is 2. The maximum Gasteiger partial charge on any atom is 0.326 e. The summed E-state index contributed by atoms with van der Waals surface area (Å²) >= 11 is 0. The molecule has 11 heteroatoms. The number of likely N-dealkylation sites (tertiary alicyclic amines) is 1. The molecule has 0 spiro atoms. The Morgan fingerprint density at radius 1 is 1.14 bits per heavy atom. The monoisotopic (exact) mass is 503 g/mol. The number of hydrogen-bond acceptors (Lipinski definition) is 6. The molecule has 1 aliphatic rings. The van der Waals surface area contributed by atoms with E-state index < -0.39 is 53.8 Å². The minimum Gasteiger partial charge on any atom is -0.480 e. The van der Waals surface area contributed by atoms with E-state index >= 15 is 0 Å². The molecule has 198 valence electrons. The van der Waals surface area contributed by atoms with Crippen molar-refractivity contribution in [3.05, 3.63) is 35.9 Å². The zero-order valence-electron chi connectivity index (χ0n) is 20.8. The quantitative estimate of drug-likeness (QED) is 0.249. The third-order valence-corrected chi connectivity index (χ3v) is 6.55. The van der Waals surface area contributed by atoms with Crippen LogP contribution in [0.15, 0.2) is 30.3 Å². The molecule has 0 aliphatic carbocycles. The van der Waals surface area contributed by atoms with Crippen molar-refractivity contribution >= 4 is 29.6 Å². The van der Waals surface area contributed by atoms with Gasteiger partial charge >= 0.3 is 5.97 Å². The second kappa shape index (κ2) is 13.6. The third-order valence-electron chi connectivity index (χ3n) is 6.55. The van der Waals surface area contributed by atoms with E-state index in [0.29, 0.717) is 25.8 Å². The Hall–Kier alpha value is -3.47. The number of amides is 4. The Kier molecular flexibility index (Phi) is 10.8. The molecule has 4 amide bonds. The van der Waals surface area contributed by atoms with Gasteiger partial charge in [0.1, 0.15) is 18.1 Å². The van der Waals surface area contributed by atoms with Gasteiger partial charge in [0.15, 0.2) is 0 Å². The Morgan fingerprint density at radius 2 is 1.81 bits per heavy atom. The van der Waals surface area contributed by atoms with Crippen LogP contribution >= 0.6 is 0 Å². The van der Waals surface area contributed by atoms with E-state index in [1.807, 2.05) is 37.3 Å². The number of hydrogen-bond donors (Lipinski definition) is 5. The van der Waals surface area contributed by atoms with Gasteiger partial charge in [0, 0.05) is 19.4 Å². The van der Waals surface area contributed by atoms with E-state index in [-0.39, 0.29) is 25.2 Å². The van der Waals surface area contributed by atoms with E-state index in [4.69, 9.17) is 11.5 Å². The number of aliphatic carboxylic acids is 1. The van der Waals surface area contributed by atoms with Crippen LogP contribution in [0.4, 0.5) is 0 Å². The number of nitrogens with one attached hydrogen (secondary N) is 2. The molecule has 1 aliphatic heterocycles. The van der Waals surface area contributed by atoms with Crippen molar-refractivity contribution in [1.29, 1.82) is 0 Å². The smallest absolute Gasteiger partial charge is 0.326 e. The number of carbonyl (C=O) groups excluding carboxylic acids is 4. The maximum absolute atomic E-state index is 13.6. The summed E-state index contributed by atoms with van der Waals surface area (Å²) in [5, 5.41) is 14.8. The van der Waals surface area contributed by atoms with Gasteiger partial charge in [-0.3, -0.25) is 19.2 Å². The van der Waals surface area contributed by atoms with Crippen LogP contribution < -0.4 is 22.1 Å². The Morgan fingerprint density at radius 3 is 2.39 bits per heavy atom. The highest BCUT2D eigenvalue weighted by atomic mass is 16.4. The molecule has 0 bridgehead atoms. The number of rotatable bonds is 13. The number of primary amides is 1. The van der Waals surface area contributed by atoms with Crippen LogP contribution in [0.1, 0.15) is 51.5 Å². The minimum atomic E-state index is -1.13. The van der Waals surface area contributed by atoms with Crippen molar-refractivity contribution in [3.63, 3.8) is 0 Å². The summed E-state index contributed by atoms with van der Waals surface area (Å²) in [5.74, 6) is -3.60. The number of carboxylic acids is 1. The van der Waals surface area contributed by atoms with E-state index in [1.165, 1.54) is 4.90 Å². The molecule has 0 radical (unpaired) electrons. The summed E-state index contributed by atoms with van der Waals surface area (Å²) in [6.07, 6.45) is 1.65. The highest BCUT2D eigenvalue weighted by molar-refractivity contribution is 5.94. The summed E-state index contributed by atoms with van der Waals surface area (Å²) in [6.45, 7) is 3.87. The summed E-state index contributed by atoms with van der Waals surface area (Å²) in [5.41, 5.74) is 11.8. The van der Waals surface area contributed by atoms with Crippen LogP contribution in [0, 0.1) is 5.92 Å². The van der Waals surface area contributed by atoms with Crippen molar-refractivity contribution in [2.45, 2.75) is 76.5 Å². The molecule has 1 heterocycles. The lowest BCUT2D eigenvalue weighted by Crippen LogP contribution is -2.57.